The van der Waals surface area contributed by atoms with E-state index < -0.39 is 47.6 Å². The van der Waals surface area contributed by atoms with Gasteiger partial charge in [-0.1, -0.05) is 48.5 Å². The van der Waals surface area contributed by atoms with Crippen molar-refractivity contribution >= 4 is 18.1 Å². The maximum Gasteiger partial charge on any atom is 0.416 e. The molecule has 44 heavy (non-hydrogen) atoms. The number of fused-ring (bicyclic) bond motifs is 1. The van der Waals surface area contributed by atoms with Crippen LogP contribution in [0.15, 0.2) is 72.8 Å². The second kappa shape index (κ2) is 11.7. The lowest BCUT2D eigenvalue weighted by Gasteiger charge is -2.32. The average Bonchev–Trinajstić information content (AvgIpc) is 3.73. The van der Waals surface area contributed by atoms with E-state index in [1.165, 1.54) is 4.90 Å². The fraction of sp³-hybridized carbons (Fsp3) is 0.382. The minimum absolute atomic E-state index is 0.0872. The molecule has 3 amide bonds. The van der Waals surface area contributed by atoms with Crippen molar-refractivity contribution in [3.8, 4) is 17.2 Å². The number of carbonyl (C=O) groups excluding carboxylic acids is 3. The number of amides is 3. The number of methoxy groups -OCH3 is 1. The first-order valence-electron chi connectivity index (χ1n) is 14.7. The first-order chi connectivity index (χ1) is 21.1. The minimum Gasteiger partial charge on any atom is -0.497 e. The van der Waals surface area contributed by atoms with Gasteiger partial charge >= 0.3 is 12.2 Å². The summed E-state index contributed by atoms with van der Waals surface area (Å²) >= 11 is 0. The van der Waals surface area contributed by atoms with Gasteiger partial charge in [-0.25, -0.2) is 14.5 Å². The molecule has 6 rings (SSSR count). The maximum absolute atomic E-state index is 14.8. The fourth-order valence-electron chi connectivity index (χ4n) is 6.24. The van der Waals surface area contributed by atoms with Crippen molar-refractivity contribution in [3.05, 3.63) is 89.5 Å². The Hall–Kier alpha value is -4.73. The third-order valence-electron chi connectivity index (χ3n) is 8.21. The quantitative estimate of drug-likeness (QED) is 0.355. The Balaban J connectivity index is 1.45. The lowest BCUT2D eigenvalue weighted by molar-refractivity contribution is -0.134. The van der Waals surface area contributed by atoms with E-state index in [1.807, 2.05) is 54.6 Å². The molecule has 2 saturated heterocycles. The summed E-state index contributed by atoms with van der Waals surface area (Å²) in [7, 11) is 1.57. The van der Waals surface area contributed by atoms with Crippen molar-refractivity contribution in [2.45, 2.75) is 50.8 Å². The number of benzene rings is 3. The first-order valence-corrected chi connectivity index (χ1v) is 14.7. The number of cyclic esters (lactones) is 1. The number of hydrogen-bond donors (Lipinski definition) is 0. The molecule has 0 spiro atoms. The van der Waals surface area contributed by atoms with Gasteiger partial charge in [0.1, 0.15) is 18.0 Å². The Morgan fingerprint density at radius 2 is 1.61 bits per heavy atom. The number of hydrogen-bond acceptors (Lipinski definition) is 8. The number of ether oxygens (including phenoxy) is 5. The van der Waals surface area contributed by atoms with Crippen LogP contribution >= 0.6 is 0 Å². The zero-order chi connectivity index (χ0) is 31.0. The van der Waals surface area contributed by atoms with Gasteiger partial charge in [-0.3, -0.25) is 9.69 Å². The van der Waals surface area contributed by atoms with E-state index in [0.29, 0.717) is 29.2 Å². The molecule has 0 bridgehead atoms. The van der Waals surface area contributed by atoms with Gasteiger partial charge in [-0.2, -0.15) is 0 Å². The SMILES string of the molecule is COc1ccc([C@H]2[C@H](C(=O)N3C(=O)OC[C@H]3Cc3ccccc3)[C@@H](c3ccc4c(c3)OCO4)CN2C(=O)OC(C)(C)C)cc1. The van der Waals surface area contributed by atoms with Crippen molar-refractivity contribution in [2.75, 3.05) is 27.1 Å². The Morgan fingerprint density at radius 1 is 0.909 bits per heavy atom. The molecule has 0 aromatic heterocycles. The van der Waals surface area contributed by atoms with Gasteiger partial charge in [-0.05, 0) is 68.1 Å². The standard InChI is InChI=1S/C34H36N2O8/c1-34(2,3)44-32(38)35-18-26(23-12-15-27-28(17-23)43-20-42-27)29(30(35)22-10-13-25(40-4)14-11-22)31(37)36-24(19-41-33(36)39)16-21-8-6-5-7-9-21/h5-15,17,24,26,29-30H,16,18-20H2,1-4H3/t24-,26-,29-,30+/m1/s1. The molecule has 0 saturated carbocycles. The highest BCUT2D eigenvalue weighted by atomic mass is 16.7. The summed E-state index contributed by atoms with van der Waals surface area (Å²) in [4.78, 5) is 44.7. The second-order valence-corrected chi connectivity index (χ2v) is 12.2. The van der Waals surface area contributed by atoms with Crippen LogP contribution in [0.2, 0.25) is 0 Å². The maximum atomic E-state index is 14.8. The fourth-order valence-corrected chi connectivity index (χ4v) is 6.24. The smallest absolute Gasteiger partial charge is 0.416 e. The topological polar surface area (TPSA) is 104 Å². The summed E-state index contributed by atoms with van der Waals surface area (Å²) in [5, 5.41) is 0. The van der Waals surface area contributed by atoms with E-state index >= 15 is 0 Å². The molecule has 3 aromatic carbocycles. The summed E-state index contributed by atoms with van der Waals surface area (Å²) < 4.78 is 27.9. The Morgan fingerprint density at radius 3 is 2.32 bits per heavy atom. The summed E-state index contributed by atoms with van der Waals surface area (Å²) in [6.07, 6.45) is -0.795. The van der Waals surface area contributed by atoms with Crippen molar-refractivity contribution in [3.63, 3.8) is 0 Å². The molecule has 3 aromatic rings. The molecule has 4 atom stereocenters. The first kappa shape index (κ1) is 29.3. The van der Waals surface area contributed by atoms with Crippen LogP contribution in [0.5, 0.6) is 17.2 Å². The minimum atomic E-state index is -0.847. The molecule has 0 radical (unpaired) electrons. The highest BCUT2D eigenvalue weighted by Gasteiger charge is 2.54. The molecular formula is C34H36N2O8. The van der Waals surface area contributed by atoms with Gasteiger partial charge in [0.15, 0.2) is 11.5 Å². The molecule has 2 fully saturated rings. The van der Waals surface area contributed by atoms with Gasteiger partial charge in [0.05, 0.1) is 25.1 Å². The summed E-state index contributed by atoms with van der Waals surface area (Å²) in [5.41, 5.74) is 1.71. The molecular weight excluding hydrogens is 564 g/mol. The molecule has 0 N–H and O–H groups in total. The lowest BCUT2D eigenvalue weighted by Crippen LogP contribution is -2.46. The predicted molar refractivity (Wildman–Crippen MR) is 160 cm³/mol. The Kier molecular flexibility index (Phi) is 7.84. The number of carbonyl (C=O) groups is 3. The van der Waals surface area contributed by atoms with Crippen LogP contribution in [-0.4, -0.2) is 66.6 Å². The third kappa shape index (κ3) is 5.76. The van der Waals surface area contributed by atoms with E-state index in [9.17, 15) is 14.4 Å². The number of imide groups is 1. The predicted octanol–water partition coefficient (Wildman–Crippen LogP) is 5.71. The van der Waals surface area contributed by atoms with E-state index in [4.69, 9.17) is 23.7 Å². The zero-order valence-corrected chi connectivity index (χ0v) is 25.2. The summed E-state index contributed by atoms with van der Waals surface area (Å²) in [5.74, 6) is 0.0479. The van der Waals surface area contributed by atoms with Crippen LogP contribution in [0.25, 0.3) is 0 Å². The van der Waals surface area contributed by atoms with Crippen molar-refractivity contribution in [2.24, 2.45) is 5.92 Å². The van der Waals surface area contributed by atoms with Crippen LogP contribution in [0.1, 0.15) is 49.4 Å². The lowest BCUT2D eigenvalue weighted by atomic mass is 9.81. The highest BCUT2D eigenvalue weighted by molar-refractivity contribution is 5.96. The average molecular weight is 601 g/mol. The number of likely N-dealkylation sites (tertiary alicyclic amines) is 1. The van der Waals surface area contributed by atoms with Crippen LogP contribution in [0.3, 0.4) is 0 Å². The van der Waals surface area contributed by atoms with Crippen molar-refractivity contribution < 1.29 is 38.1 Å². The van der Waals surface area contributed by atoms with E-state index in [-0.39, 0.29) is 19.9 Å². The molecule has 3 aliphatic rings. The van der Waals surface area contributed by atoms with Crippen LogP contribution in [0, 0.1) is 5.92 Å². The highest BCUT2D eigenvalue weighted by Crippen LogP contribution is 2.49. The van der Waals surface area contributed by atoms with Crippen LogP contribution in [-0.2, 0) is 20.7 Å². The Labute approximate surface area is 256 Å². The van der Waals surface area contributed by atoms with Gasteiger partial charge < -0.3 is 23.7 Å². The number of nitrogens with zero attached hydrogens (tertiary/aromatic N) is 2. The van der Waals surface area contributed by atoms with Crippen molar-refractivity contribution in [1.82, 2.24) is 9.80 Å². The molecule has 0 unspecified atom stereocenters. The molecule has 3 heterocycles. The largest absolute Gasteiger partial charge is 0.497 e. The second-order valence-electron chi connectivity index (χ2n) is 12.2. The van der Waals surface area contributed by atoms with Crippen molar-refractivity contribution in [1.29, 1.82) is 0 Å². The van der Waals surface area contributed by atoms with Gasteiger partial charge in [0.25, 0.3) is 0 Å². The summed E-state index contributed by atoms with van der Waals surface area (Å²) in [6.45, 7) is 5.77. The monoisotopic (exact) mass is 600 g/mol. The Bertz CT molecular complexity index is 1540. The molecule has 3 aliphatic heterocycles. The van der Waals surface area contributed by atoms with E-state index in [2.05, 4.69) is 0 Å². The van der Waals surface area contributed by atoms with E-state index in [0.717, 1.165) is 11.1 Å². The van der Waals surface area contributed by atoms with Crippen LogP contribution < -0.4 is 14.2 Å². The zero-order valence-electron chi connectivity index (χ0n) is 25.2. The molecule has 10 heteroatoms. The summed E-state index contributed by atoms with van der Waals surface area (Å²) in [6, 6.07) is 21.2. The van der Waals surface area contributed by atoms with Gasteiger partial charge in [-0.15, -0.1) is 0 Å². The normalized spacial score (nSPS) is 22.6. The molecule has 10 nitrogen and oxygen atoms in total. The molecule has 0 aliphatic carbocycles. The van der Waals surface area contributed by atoms with Gasteiger partial charge in [0, 0.05) is 12.5 Å². The third-order valence-corrected chi connectivity index (χ3v) is 8.21. The number of rotatable bonds is 6. The van der Waals surface area contributed by atoms with Crippen LogP contribution in [0.4, 0.5) is 9.59 Å². The van der Waals surface area contributed by atoms with Gasteiger partial charge in [0.2, 0.25) is 12.7 Å². The van der Waals surface area contributed by atoms with E-state index in [1.54, 1.807) is 51.0 Å². The molecule has 230 valence electrons.